The first-order valence-corrected chi connectivity index (χ1v) is 8.58. The lowest BCUT2D eigenvalue weighted by atomic mass is 9.96. The van der Waals surface area contributed by atoms with Gasteiger partial charge in [-0.1, -0.05) is 19.1 Å². The molecule has 2 aliphatic rings. The van der Waals surface area contributed by atoms with Gasteiger partial charge in [-0.2, -0.15) is 0 Å². The third kappa shape index (κ3) is 2.77. The molecule has 0 spiro atoms. The molecular formula is C19H20N4O2. The van der Waals surface area contributed by atoms with Gasteiger partial charge in [0.25, 0.3) is 0 Å². The highest BCUT2D eigenvalue weighted by atomic mass is 16.2. The minimum absolute atomic E-state index is 0.0235. The molecule has 1 aromatic heterocycles. The third-order valence-corrected chi connectivity index (χ3v) is 4.91. The lowest BCUT2D eigenvalue weighted by Crippen LogP contribution is -2.28. The summed E-state index contributed by atoms with van der Waals surface area (Å²) in [6.07, 6.45) is 2.78. The summed E-state index contributed by atoms with van der Waals surface area (Å²) >= 11 is 0. The zero-order valence-electron chi connectivity index (χ0n) is 14.4. The third-order valence-electron chi connectivity index (χ3n) is 4.91. The number of benzene rings is 1. The minimum Gasteiger partial charge on any atom is -0.332 e. The van der Waals surface area contributed by atoms with Crippen LogP contribution in [0.1, 0.15) is 47.5 Å². The summed E-state index contributed by atoms with van der Waals surface area (Å²) in [6, 6.07) is 5.87. The maximum atomic E-state index is 12.7. The number of carbonyl (C=O) groups is 2. The highest BCUT2D eigenvalue weighted by molar-refractivity contribution is 6.05. The Bertz CT molecular complexity index is 878. The fourth-order valence-electron chi connectivity index (χ4n) is 3.49. The second-order valence-electron chi connectivity index (χ2n) is 6.70. The largest absolute Gasteiger partial charge is 0.332 e. The van der Waals surface area contributed by atoms with E-state index in [-0.39, 0.29) is 18.2 Å². The predicted molar refractivity (Wildman–Crippen MR) is 92.8 cm³/mol. The Kier molecular flexibility index (Phi) is 3.75. The normalized spacial score (nSPS) is 18.1. The molecule has 25 heavy (non-hydrogen) atoms. The summed E-state index contributed by atoms with van der Waals surface area (Å²) in [6.45, 7) is 5.02. The number of hydrogen-bond donors (Lipinski definition) is 1. The van der Waals surface area contributed by atoms with E-state index in [0.29, 0.717) is 13.1 Å². The Morgan fingerprint density at radius 2 is 2.20 bits per heavy atom. The zero-order chi connectivity index (χ0) is 17.6. The van der Waals surface area contributed by atoms with Crippen LogP contribution in [0.15, 0.2) is 24.4 Å². The van der Waals surface area contributed by atoms with Gasteiger partial charge in [0.05, 0.1) is 18.2 Å². The van der Waals surface area contributed by atoms with Gasteiger partial charge in [0, 0.05) is 36.8 Å². The van der Waals surface area contributed by atoms with Crippen LogP contribution in [0.2, 0.25) is 0 Å². The number of nitrogens with zero attached hydrogens (tertiary/aromatic N) is 3. The second-order valence-corrected chi connectivity index (χ2v) is 6.70. The Hall–Kier alpha value is -2.76. The van der Waals surface area contributed by atoms with Gasteiger partial charge in [0.1, 0.15) is 5.82 Å². The van der Waals surface area contributed by atoms with Crippen molar-refractivity contribution < 1.29 is 9.59 Å². The van der Waals surface area contributed by atoms with E-state index in [1.54, 1.807) is 4.90 Å². The van der Waals surface area contributed by atoms with Gasteiger partial charge in [-0.25, -0.2) is 9.97 Å². The van der Waals surface area contributed by atoms with Crippen LogP contribution in [0, 0.1) is 6.92 Å². The van der Waals surface area contributed by atoms with Gasteiger partial charge in [0.15, 0.2) is 0 Å². The molecule has 6 nitrogen and oxygen atoms in total. The summed E-state index contributed by atoms with van der Waals surface area (Å²) in [5, 5.41) is 2.88. The molecule has 0 aliphatic carbocycles. The van der Waals surface area contributed by atoms with Crippen LogP contribution in [0.3, 0.4) is 0 Å². The van der Waals surface area contributed by atoms with E-state index in [9.17, 15) is 9.59 Å². The monoisotopic (exact) mass is 336 g/mol. The van der Waals surface area contributed by atoms with Gasteiger partial charge in [0.2, 0.25) is 11.8 Å². The van der Waals surface area contributed by atoms with Crippen LogP contribution in [-0.2, 0) is 29.1 Å². The molecule has 2 aromatic rings. The molecule has 0 unspecified atom stereocenters. The van der Waals surface area contributed by atoms with Crippen molar-refractivity contribution in [2.75, 3.05) is 5.32 Å². The summed E-state index contributed by atoms with van der Waals surface area (Å²) in [7, 11) is 0. The molecule has 6 heteroatoms. The van der Waals surface area contributed by atoms with E-state index >= 15 is 0 Å². The smallest absolute Gasteiger partial charge is 0.232 e. The number of amides is 2. The highest BCUT2D eigenvalue weighted by Crippen LogP contribution is 2.36. The quantitative estimate of drug-likeness (QED) is 0.933. The number of aryl methyl sites for hydroxylation is 2. The minimum atomic E-state index is -0.413. The van der Waals surface area contributed by atoms with E-state index in [1.165, 1.54) is 0 Å². The van der Waals surface area contributed by atoms with Gasteiger partial charge in [-0.05, 0) is 24.1 Å². The maximum absolute atomic E-state index is 12.7. The molecular weight excluding hydrogens is 316 g/mol. The Balaban J connectivity index is 1.49. The van der Waals surface area contributed by atoms with E-state index < -0.39 is 5.92 Å². The molecule has 0 fully saturated rings. The molecule has 1 N–H and O–H groups in total. The van der Waals surface area contributed by atoms with Crippen molar-refractivity contribution in [3.63, 3.8) is 0 Å². The Morgan fingerprint density at radius 1 is 1.36 bits per heavy atom. The van der Waals surface area contributed by atoms with Gasteiger partial charge in [-0.15, -0.1) is 0 Å². The molecule has 3 heterocycles. The van der Waals surface area contributed by atoms with E-state index in [4.69, 9.17) is 0 Å². The van der Waals surface area contributed by atoms with Crippen molar-refractivity contribution in [2.45, 2.75) is 45.7 Å². The number of anilines is 1. The molecule has 0 saturated heterocycles. The van der Waals surface area contributed by atoms with Crippen molar-refractivity contribution in [2.24, 2.45) is 0 Å². The summed E-state index contributed by atoms with van der Waals surface area (Å²) in [5.41, 5.74) is 4.75. The zero-order valence-corrected chi connectivity index (χ0v) is 14.4. The van der Waals surface area contributed by atoms with E-state index in [1.807, 2.05) is 38.2 Å². The van der Waals surface area contributed by atoms with Crippen LogP contribution >= 0.6 is 0 Å². The van der Waals surface area contributed by atoms with Crippen molar-refractivity contribution in [3.05, 3.63) is 52.6 Å². The summed E-state index contributed by atoms with van der Waals surface area (Å²) < 4.78 is 0. The Labute approximate surface area is 146 Å². The average Bonchev–Trinajstić information content (AvgIpc) is 3.15. The number of aromatic nitrogens is 2. The lowest BCUT2D eigenvalue weighted by molar-refractivity contribution is -0.134. The van der Waals surface area contributed by atoms with Gasteiger partial charge < -0.3 is 10.2 Å². The summed E-state index contributed by atoms with van der Waals surface area (Å²) in [5.74, 6) is 0.264. The fraction of sp³-hybridized carbons (Fsp3) is 0.368. The van der Waals surface area contributed by atoms with Crippen molar-refractivity contribution in [1.29, 1.82) is 0 Å². The van der Waals surface area contributed by atoms with E-state index in [0.717, 1.165) is 40.3 Å². The number of nitrogens with one attached hydrogen (secondary N) is 1. The first-order valence-electron chi connectivity index (χ1n) is 8.58. The van der Waals surface area contributed by atoms with Gasteiger partial charge in [-0.3, -0.25) is 9.59 Å². The molecule has 1 atom stereocenters. The van der Waals surface area contributed by atoms with Gasteiger partial charge >= 0.3 is 0 Å². The molecule has 1 aromatic carbocycles. The van der Waals surface area contributed by atoms with Crippen LogP contribution < -0.4 is 5.32 Å². The molecule has 2 aliphatic heterocycles. The topological polar surface area (TPSA) is 75.2 Å². The van der Waals surface area contributed by atoms with Crippen molar-refractivity contribution >= 4 is 17.5 Å². The standard InChI is InChI=1S/C19H20N4O2/c1-3-17-20-8-12-9-23(10-16(12)21-17)18(24)7-14-13-5-4-11(2)6-15(13)22-19(14)25/h4-6,8,14H,3,7,9-10H2,1-2H3,(H,22,25)/t14-/m1/s1. The maximum Gasteiger partial charge on any atom is 0.232 e. The molecule has 128 valence electrons. The SMILES string of the molecule is CCc1ncc2c(n1)CN(C(=O)C[C@H]1C(=O)Nc3cc(C)ccc31)C2. The number of hydrogen-bond acceptors (Lipinski definition) is 4. The van der Waals surface area contributed by atoms with Crippen LogP contribution in [0.4, 0.5) is 5.69 Å². The van der Waals surface area contributed by atoms with Crippen molar-refractivity contribution in [3.8, 4) is 0 Å². The number of carbonyl (C=O) groups excluding carboxylic acids is 2. The predicted octanol–water partition coefficient (Wildman–Crippen LogP) is 2.32. The van der Waals surface area contributed by atoms with Crippen LogP contribution in [0.25, 0.3) is 0 Å². The van der Waals surface area contributed by atoms with Crippen LogP contribution in [-0.4, -0.2) is 26.7 Å². The molecule has 2 amide bonds. The second kappa shape index (κ2) is 5.95. The number of fused-ring (bicyclic) bond motifs is 2. The molecule has 0 saturated carbocycles. The molecule has 0 bridgehead atoms. The average molecular weight is 336 g/mol. The lowest BCUT2D eigenvalue weighted by Gasteiger charge is -2.17. The Morgan fingerprint density at radius 3 is 3.00 bits per heavy atom. The molecule has 4 rings (SSSR count). The first kappa shape index (κ1) is 15.7. The van der Waals surface area contributed by atoms with Crippen LogP contribution in [0.5, 0.6) is 0 Å². The van der Waals surface area contributed by atoms with Crippen molar-refractivity contribution in [1.82, 2.24) is 14.9 Å². The highest BCUT2D eigenvalue weighted by Gasteiger charge is 2.35. The number of rotatable bonds is 3. The fourth-order valence-corrected chi connectivity index (χ4v) is 3.49. The molecule has 0 radical (unpaired) electrons. The van der Waals surface area contributed by atoms with E-state index in [2.05, 4.69) is 15.3 Å². The first-order chi connectivity index (χ1) is 12.0. The summed E-state index contributed by atoms with van der Waals surface area (Å²) in [4.78, 5) is 35.6.